The van der Waals surface area contributed by atoms with E-state index in [1.165, 1.54) is 10.9 Å². The molecule has 0 saturated carbocycles. The van der Waals surface area contributed by atoms with Crippen molar-refractivity contribution in [2.24, 2.45) is 5.92 Å². The normalized spacial score (nSPS) is 16.7. The van der Waals surface area contributed by atoms with Crippen LogP contribution in [0.3, 0.4) is 0 Å². The predicted molar refractivity (Wildman–Crippen MR) is 116 cm³/mol. The number of aromatic amines is 1. The molecule has 5 nitrogen and oxygen atoms in total. The Kier molecular flexibility index (Phi) is 5.38. The molecule has 1 aromatic heterocycles. The first-order valence-corrected chi connectivity index (χ1v) is 10.3. The maximum Gasteiger partial charge on any atom is 0.227 e. The molecule has 1 unspecified atom stereocenters. The molecular formula is C24H27N3O2. The Morgan fingerprint density at radius 2 is 1.93 bits per heavy atom. The molecule has 4 rings (SSSR count). The minimum atomic E-state index is -0.300. The van der Waals surface area contributed by atoms with E-state index in [-0.39, 0.29) is 24.2 Å². The van der Waals surface area contributed by atoms with Crippen LogP contribution in [0.2, 0.25) is 0 Å². The van der Waals surface area contributed by atoms with Gasteiger partial charge in [-0.05, 0) is 35.6 Å². The molecule has 1 saturated heterocycles. The highest BCUT2D eigenvalue weighted by Gasteiger charge is 2.35. The number of anilines is 1. The number of hydrogen-bond acceptors (Lipinski definition) is 2. The molecule has 0 bridgehead atoms. The van der Waals surface area contributed by atoms with Crippen LogP contribution in [-0.2, 0) is 16.0 Å². The molecule has 150 valence electrons. The van der Waals surface area contributed by atoms with E-state index in [0.717, 1.165) is 23.2 Å². The lowest BCUT2D eigenvalue weighted by Gasteiger charge is -2.22. The SMILES string of the molecule is CC(C)c1ccccc1N1CC(C(=O)NCCc2c[nH]c3ccccc23)CC1=O. The van der Waals surface area contributed by atoms with E-state index in [1.807, 2.05) is 42.6 Å². The summed E-state index contributed by atoms with van der Waals surface area (Å²) in [5, 5.41) is 4.21. The van der Waals surface area contributed by atoms with E-state index >= 15 is 0 Å². The van der Waals surface area contributed by atoms with E-state index in [1.54, 1.807) is 4.90 Å². The lowest BCUT2D eigenvalue weighted by molar-refractivity contribution is -0.126. The number of hydrogen-bond donors (Lipinski definition) is 2. The third-order valence-corrected chi connectivity index (χ3v) is 5.71. The van der Waals surface area contributed by atoms with Gasteiger partial charge in [0.1, 0.15) is 0 Å². The van der Waals surface area contributed by atoms with Gasteiger partial charge in [0.15, 0.2) is 0 Å². The molecule has 2 amide bonds. The van der Waals surface area contributed by atoms with E-state index in [0.29, 0.717) is 19.0 Å². The van der Waals surface area contributed by atoms with E-state index < -0.39 is 0 Å². The minimum absolute atomic E-state index is 0.0230. The third-order valence-electron chi connectivity index (χ3n) is 5.71. The molecule has 0 radical (unpaired) electrons. The van der Waals surface area contributed by atoms with Crippen molar-refractivity contribution in [3.8, 4) is 0 Å². The summed E-state index contributed by atoms with van der Waals surface area (Å²) in [6.45, 7) is 5.25. The zero-order valence-corrected chi connectivity index (χ0v) is 16.9. The van der Waals surface area contributed by atoms with Gasteiger partial charge in [-0.3, -0.25) is 9.59 Å². The van der Waals surface area contributed by atoms with Gasteiger partial charge in [-0.2, -0.15) is 0 Å². The highest BCUT2D eigenvalue weighted by atomic mass is 16.2. The van der Waals surface area contributed by atoms with Crippen LogP contribution < -0.4 is 10.2 Å². The molecule has 29 heavy (non-hydrogen) atoms. The standard InChI is InChI=1S/C24H27N3O2/c1-16(2)19-7-4-6-10-22(19)27-15-18(13-23(27)28)24(29)25-12-11-17-14-26-21-9-5-3-8-20(17)21/h3-10,14,16,18,26H,11-13,15H2,1-2H3,(H,25,29). The van der Waals surface area contributed by atoms with Crippen molar-refractivity contribution in [1.29, 1.82) is 0 Å². The van der Waals surface area contributed by atoms with Crippen molar-refractivity contribution < 1.29 is 9.59 Å². The van der Waals surface area contributed by atoms with Gasteiger partial charge in [0, 0.05) is 42.3 Å². The van der Waals surface area contributed by atoms with Crippen LogP contribution in [0.1, 0.15) is 37.3 Å². The molecule has 1 atom stereocenters. The van der Waals surface area contributed by atoms with E-state index in [2.05, 4.69) is 36.3 Å². The predicted octanol–water partition coefficient (Wildman–Crippen LogP) is 4.00. The number of H-pyrrole nitrogens is 1. The Labute approximate surface area is 171 Å². The van der Waals surface area contributed by atoms with Crippen molar-refractivity contribution >= 4 is 28.4 Å². The van der Waals surface area contributed by atoms with Gasteiger partial charge < -0.3 is 15.2 Å². The molecule has 3 aromatic rings. The monoisotopic (exact) mass is 389 g/mol. The summed E-state index contributed by atoms with van der Waals surface area (Å²) in [5.41, 5.74) is 4.37. The summed E-state index contributed by atoms with van der Waals surface area (Å²) in [5.74, 6) is 0.00587. The Balaban J connectivity index is 1.37. The number of carbonyl (C=O) groups is 2. The molecule has 1 fully saturated rings. The summed E-state index contributed by atoms with van der Waals surface area (Å²) in [4.78, 5) is 30.3. The summed E-state index contributed by atoms with van der Waals surface area (Å²) in [6.07, 6.45) is 3.03. The average Bonchev–Trinajstić information content (AvgIpc) is 3.31. The van der Waals surface area contributed by atoms with Gasteiger partial charge >= 0.3 is 0 Å². The Hall–Kier alpha value is -3.08. The number of carbonyl (C=O) groups excluding carboxylic acids is 2. The number of aromatic nitrogens is 1. The number of para-hydroxylation sites is 2. The topological polar surface area (TPSA) is 65.2 Å². The van der Waals surface area contributed by atoms with Crippen molar-refractivity contribution in [3.63, 3.8) is 0 Å². The summed E-state index contributed by atoms with van der Waals surface area (Å²) < 4.78 is 0. The Morgan fingerprint density at radius 3 is 2.76 bits per heavy atom. The smallest absolute Gasteiger partial charge is 0.227 e. The fraction of sp³-hybridized carbons (Fsp3) is 0.333. The maximum absolute atomic E-state index is 12.7. The van der Waals surface area contributed by atoms with Crippen molar-refractivity contribution in [2.45, 2.75) is 32.6 Å². The second-order valence-electron chi connectivity index (χ2n) is 8.02. The van der Waals surface area contributed by atoms with Crippen LogP contribution in [0.15, 0.2) is 54.7 Å². The van der Waals surface area contributed by atoms with Crippen molar-refractivity contribution in [2.75, 3.05) is 18.0 Å². The number of rotatable bonds is 6. The highest BCUT2D eigenvalue weighted by molar-refractivity contribution is 6.00. The van der Waals surface area contributed by atoms with Crippen LogP contribution in [0, 0.1) is 5.92 Å². The first kappa shape index (κ1) is 19.2. The average molecular weight is 389 g/mol. The van der Waals surface area contributed by atoms with Gasteiger partial charge in [0.05, 0.1) is 5.92 Å². The number of nitrogens with zero attached hydrogens (tertiary/aromatic N) is 1. The number of amides is 2. The summed E-state index contributed by atoms with van der Waals surface area (Å²) >= 11 is 0. The fourth-order valence-electron chi connectivity index (χ4n) is 4.14. The zero-order chi connectivity index (χ0) is 20.4. The molecular weight excluding hydrogens is 362 g/mol. The molecule has 1 aliphatic heterocycles. The molecule has 2 heterocycles. The zero-order valence-electron chi connectivity index (χ0n) is 16.9. The minimum Gasteiger partial charge on any atom is -0.361 e. The second kappa shape index (κ2) is 8.11. The molecule has 0 spiro atoms. The molecule has 0 aliphatic carbocycles. The lowest BCUT2D eigenvalue weighted by Crippen LogP contribution is -2.34. The van der Waals surface area contributed by atoms with Crippen LogP contribution in [0.5, 0.6) is 0 Å². The van der Waals surface area contributed by atoms with E-state index in [4.69, 9.17) is 0 Å². The van der Waals surface area contributed by atoms with Crippen LogP contribution in [0.4, 0.5) is 5.69 Å². The summed E-state index contributed by atoms with van der Waals surface area (Å²) in [6, 6.07) is 16.1. The first-order chi connectivity index (χ1) is 14.0. The van der Waals surface area contributed by atoms with Crippen LogP contribution in [-0.4, -0.2) is 29.9 Å². The molecule has 5 heteroatoms. The Morgan fingerprint density at radius 1 is 1.17 bits per heavy atom. The second-order valence-corrected chi connectivity index (χ2v) is 8.02. The van der Waals surface area contributed by atoms with E-state index in [9.17, 15) is 9.59 Å². The maximum atomic E-state index is 12.7. The number of benzene rings is 2. The van der Waals surface area contributed by atoms with Crippen molar-refractivity contribution in [1.82, 2.24) is 10.3 Å². The van der Waals surface area contributed by atoms with Gasteiger partial charge in [-0.1, -0.05) is 50.2 Å². The van der Waals surface area contributed by atoms with Gasteiger partial charge in [-0.15, -0.1) is 0 Å². The molecule has 1 aliphatic rings. The van der Waals surface area contributed by atoms with Crippen molar-refractivity contribution in [3.05, 3.63) is 65.9 Å². The van der Waals surface area contributed by atoms with Gasteiger partial charge in [0.2, 0.25) is 11.8 Å². The van der Waals surface area contributed by atoms with Gasteiger partial charge in [-0.25, -0.2) is 0 Å². The highest BCUT2D eigenvalue weighted by Crippen LogP contribution is 2.32. The molecule has 2 aromatic carbocycles. The fourth-order valence-corrected chi connectivity index (χ4v) is 4.14. The van der Waals surface area contributed by atoms with Crippen LogP contribution in [0.25, 0.3) is 10.9 Å². The van der Waals surface area contributed by atoms with Gasteiger partial charge in [0.25, 0.3) is 0 Å². The first-order valence-electron chi connectivity index (χ1n) is 10.3. The molecule has 2 N–H and O–H groups in total. The number of nitrogens with one attached hydrogen (secondary N) is 2. The lowest BCUT2D eigenvalue weighted by atomic mass is 10.0. The summed E-state index contributed by atoms with van der Waals surface area (Å²) in [7, 11) is 0. The Bertz CT molecular complexity index is 1040. The number of fused-ring (bicyclic) bond motifs is 1. The largest absolute Gasteiger partial charge is 0.361 e. The quantitative estimate of drug-likeness (QED) is 0.669. The third kappa shape index (κ3) is 3.90. The van der Waals surface area contributed by atoms with Crippen LogP contribution >= 0.6 is 0 Å².